The molecule has 1 atom stereocenters. The molecular formula is C13H12BrF3N2S. The Bertz CT molecular complexity index is 569. The first kappa shape index (κ1) is 15.5. The molecule has 0 aliphatic carbocycles. The van der Waals surface area contributed by atoms with Gasteiger partial charge in [0.15, 0.2) is 0 Å². The molecule has 1 aromatic heterocycles. The lowest BCUT2D eigenvalue weighted by atomic mass is 10.0. The van der Waals surface area contributed by atoms with Crippen molar-refractivity contribution in [1.29, 1.82) is 0 Å². The molecule has 0 fully saturated rings. The van der Waals surface area contributed by atoms with E-state index in [9.17, 15) is 13.2 Å². The first-order valence-corrected chi connectivity index (χ1v) is 7.50. The minimum Gasteiger partial charge on any atom is -0.313 e. The van der Waals surface area contributed by atoms with Gasteiger partial charge in [0.1, 0.15) is 0 Å². The van der Waals surface area contributed by atoms with Crippen molar-refractivity contribution in [3.8, 4) is 0 Å². The Morgan fingerprint density at radius 2 is 2.15 bits per heavy atom. The van der Waals surface area contributed by atoms with Crippen LogP contribution in [0.4, 0.5) is 13.2 Å². The van der Waals surface area contributed by atoms with E-state index in [-0.39, 0.29) is 10.5 Å². The maximum absolute atomic E-state index is 12.9. The number of halogens is 4. The average Bonchev–Trinajstić information content (AvgIpc) is 2.88. The molecule has 0 aliphatic rings. The third kappa shape index (κ3) is 3.59. The summed E-state index contributed by atoms with van der Waals surface area (Å²) in [5, 5.41) is 3.05. The van der Waals surface area contributed by atoms with Crippen molar-refractivity contribution in [3.63, 3.8) is 0 Å². The van der Waals surface area contributed by atoms with Gasteiger partial charge in [0.25, 0.3) is 0 Å². The van der Waals surface area contributed by atoms with Gasteiger partial charge in [-0.3, -0.25) is 4.98 Å². The summed E-state index contributed by atoms with van der Waals surface area (Å²) in [6, 6.07) is 4.15. The number of hydrogen-bond acceptors (Lipinski definition) is 3. The van der Waals surface area contributed by atoms with Gasteiger partial charge >= 0.3 is 6.18 Å². The quantitative estimate of drug-likeness (QED) is 0.867. The summed E-state index contributed by atoms with van der Waals surface area (Å²) in [6.07, 6.45) is -2.02. The molecule has 20 heavy (non-hydrogen) atoms. The van der Waals surface area contributed by atoms with Crippen LogP contribution in [0.15, 0.2) is 34.4 Å². The summed E-state index contributed by atoms with van der Waals surface area (Å²) in [5.41, 5.74) is 1.67. The molecule has 0 spiro atoms. The van der Waals surface area contributed by atoms with Gasteiger partial charge in [0, 0.05) is 28.0 Å². The molecule has 2 aromatic rings. The average molecular weight is 365 g/mol. The van der Waals surface area contributed by atoms with Crippen LogP contribution in [0.25, 0.3) is 0 Å². The summed E-state index contributed by atoms with van der Waals surface area (Å²) in [5.74, 6) is 0. The Labute approximate surface area is 127 Å². The minimum atomic E-state index is -4.36. The van der Waals surface area contributed by atoms with E-state index in [0.29, 0.717) is 12.0 Å². The van der Waals surface area contributed by atoms with Crippen molar-refractivity contribution in [2.45, 2.75) is 18.6 Å². The van der Waals surface area contributed by atoms with Crippen molar-refractivity contribution in [1.82, 2.24) is 10.3 Å². The maximum Gasteiger partial charge on any atom is 0.417 e. The zero-order valence-electron chi connectivity index (χ0n) is 10.5. The number of aromatic nitrogens is 1. The Morgan fingerprint density at radius 1 is 1.40 bits per heavy atom. The van der Waals surface area contributed by atoms with Gasteiger partial charge in [0.05, 0.1) is 11.1 Å². The van der Waals surface area contributed by atoms with Gasteiger partial charge < -0.3 is 5.32 Å². The van der Waals surface area contributed by atoms with Crippen LogP contribution in [0, 0.1) is 0 Å². The number of likely N-dealkylation sites (N-methyl/N-ethyl adjacent to an activating group) is 1. The first-order valence-electron chi connectivity index (χ1n) is 5.83. The molecule has 0 amide bonds. The van der Waals surface area contributed by atoms with Gasteiger partial charge in [0.2, 0.25) is 0 Å². The van der Waals surface area contributed by atoms with Crippen molar-refractivity contribution in [3.05, 3.63) is 50.4 Å². The van der Waals surface area contributed by atoms with Crippen molar-refractivity contribution in [2.75, 3.05) is 7.05 Å². The van der Waals surface area contributed by atoms with E-state index in [1.54, 1.807) is 24.8 Å². The van der Waals surface area contributed by atoms with Gasteiger partial charge in [-0.2, -0.15) is 13.2 Å². The van der Waals surface area contributed by atoms with Crippen LogP contribution in [0.3, 0.4) is 0 Å². The molecule has 1 heterocycles. The highest BCUT2D eigenvalue weighted by atomic mass is 79.9. The standard InChI is InChI=1S/C13H12BrF3N2S/c1-18-12(5-9-6-19-7-20-9)8-2-3-11(14)10(4-8)13(15,16)17/h2-4,6-7,12,18H,5H2,1H3. The summed E-state index contributed by atoms with van der Waals surface area (Å²) in [4.78, 5) is 5.01. The summed E-state index contributed by atoms with van der Waals surface area (Å²) < 4.78 is 38.8. The molecule has 0 saturated heterocycles. The lowest BCUT2D eigenvalue weighted by Gasteiger charge is -2.18. The predicted molar refractivity (Wildman–Crippen MR) is 76.8 cm³/mol. The minimum absolute atomic E-state index is 0.0568. The lowest BCUT2D eigenvalue weighted by molar-refractivity contribution is -0.138. The fourth-order valence-electron chi connectivity index (χ4n) is 1.91. The summed E-state index contributed by atoms with van der Waals surface area (Å²) >= 11 is 4.44. The van der Waals surface area contributed by atoms with Gasteiger partial charge in [-0.25, -0.2) is 0 Å². The summed E-state index contributed by atoms with van der Waals surface area (Å²) in [7, 11) is 1.74. The van der Waals surface area contributed by atoms with Crippen LogP contribution >= 0.6 is 27.3 Å². The number of alkyl halides is 3. The van der Waals surface area contributed by atoms with Crippen molar-refractivity contribution < 1.29 is 13.2 Å². The van der Waals surface area contributed by atoms with Gasteiger partial charge in [-0.15, -0.1) is 11.3 Å². The Hall–Kier alpha value is -0.920. The highest BCUT2D eigenvalue weighted by Gasteiger charge is 2.33. The first-order chi connectivity index (χ1) is 9.41. The lowest BCUT2D eigenvalue weighted by Crippen LogP contribution is -2.19. The molecule has 0 bridgehead atoms. The zero-order chi connectivity index (χ0) is 14.8. The molecule has 0 aliphatic heterocycles. The second kappa shape index (κ2) is 6.24. The van der Waals surface area contributed by atoms with Crippen LogP contribution in [0.2, 0.25) is 0 Å². The largest absolute Gasteiger partial charge is 0.417 e. The van der Waals surface area contributed by atoms with Crippen LogP contribution in [0.1, 0.15) is 22.0 Å². The topological polar surface area (TPSA) is 24.9 Å². The number of nitrogens with zero attached hydrogens (tertiary/aromatic N) is 1. The van der Waals surface area contributed by atoms with E-state index in [1.165, 1.54) is 23.5 Å². The SMILES string of the molecule is CNC(Cc1cncs1)c1ccc(Br)c(C(F)(F)F)c1. The normalized spacial score (nSPS) is 13.4. The molecule has 7 heteroatoms. The molecule has 108 valence electrons. The van der Waals surface area contributed by atoms with Crippen molar-refractivity contribution >= 4 is 27.3 Å². The number of rotatable bonds is 4. The molecular weight excluding hydrogens is 353 g/mol. The highest BCUT2D eigenvalue weighted by molar-refractivity contribution is 9.10. The molecule has 1 N–H and O–H groups in total. The molecule has 0 radical (unpaired) electrons. The molecule has 1 unspecified atom stereocenters. The number of hydrogen-bond donors (Lipinski definition) is 1. The van der Waals surface area contributed by atoms with E-state index < -0.39 is 11.7 Å². The Morgan fingerprint density at radius 3 is 2.70 bits per heavy atom. The van der Waals surface area contributed by atoms with Crippen LogP contribution in [0.5, 0.6) is 0 Å². The Balaban J connectivity index is 2.30. The van der Waals surface area contributed by atoms with E-state index in [0.717, 1.165) is 4.88 Å². The van der Waals surface area contributed by atoms with E-state index in [1.807, 2.05) is 0 Å². The van der Waals surface area contributed by atoms with Crippen LogP contribution in [-0.2, 0) is 12.6 Å². The second-order valence-corrected chi connectivity index (χ2v) is 6.08. The molecule has 0 saturated carbocycles. The third-order valence-electron chi connectivity index (χ3n) is 2.94. The number of benzene rings is 1. The van der Waals surface area contributed by atoms with Gasteiger partial charge in [-0.05, 0) is 24.7 Å². The van der Waals surface area contributed by atoms with E-state index >= 15 is 0 Å². The summed E-state index contributed by atoms with van der Waals surface area (Å²) in [6.45, 7) is 0. The number of nitrogens with one attached hydrogen (secondary N) is 1. The van der Waals surface area contributed by atoms with Crippen LogP contribution < -0.4 is 5.32 Å². The predicted octanol–water partition coefficient (Wildman–Crippen LogP) is 4.43. The maximum atomic E-state index is 12.9. The zero-order valence-corrected chi connectivity index (χ0v) is 12.9. The van der Waals surface area contributed by atoms with Crippen LogP contribution in [-0.4, -0.2) is 12.0 Å². The molecule has 2 nitrogen and oxygen atoms in total. The van der Waals surface area contributed by atoms with E-state index in [4.69, 9.17) is 0 Å². The monoisotopic (exact) mass is 364 g/mol. The smallest absolute Gasteiger partial charge is 0.313 e. The third-order valence-corrected chi connectivity index (χ3v) is 4.43. The highest BCUT2D eigenvalue weighted by Crippen LogP contribution is 2.36. The fourth-order valence-corrected chi connectivity index (χ4v) is 3.02. The number of thiazole rings is 1. The molecule has 1 aromatic carbocycles. The van der Waals surface area contributed by atoms with E-state index in [2.05, 4.69) is 26.2 Å². The second-order valence-electron chi connectivity index (χ2n) is 4.25. The Kier molecular flexibility index (Phi) is 4.82. The molecule has 2 rings (SSSR count). The van der Waals surface area contributed by atoms with Crippen molar-refractivity contribution in [2.24, 2.45) is 0 Å². The fraction of sp³-hybridized carbons (Fsp3) is 0.308. The van der Waals surface area contributed by atoms with Gasteiger partial charge in [-0.1, -0.05) is 22.0 Å².